The van der Waals surface area contributed by atoms with Gasteiger partial charge in [-0.1, -0.05) is 159 Å². The average Bonchev–Trinajstić information content (AvgIpc) is 3.85. The predicted molar refractivity (Wildman–Crippen MR) is 243 cm³/mol. The van der Waals surface area contributed by atoms with Crippen LogP contribution in [0.3, 0.4) is 0 Å². The number of fused-ring (bicyclic) bond motifs is 9. The van der Waals surface area contributed by atoms with Crippen molar-refractivity contribution in [1.29, 1.82) is 0 Å². The Morgan fingerprint density at radius 2 is 0.684 bits per heavy atom. The van der Waals surface area contributed by atoms with Crippen LogP contribution >= 0.6 is 0 Å². The van der Waals surface area contributed by atoms with Crippen molar-refractivity contribution in [2.45, 2.75) is 19.3 Å². The number of hydrogen-bond donors (Lipinski definition) is 0. The van der Waals surface area contributed by atoms with E-state index in [-0.39, 0.29) is 5.41 Å². The van der Waals surface area contributed by atoms with Crippen LogP contribution in [0.4, 0.5) is 0 Å². The lowest BCUT2D eigenvalue weighted by molar-refractivity contribution is 0.660. The molecule has 10 aromatic rings. The first-order valence-corrected chi connectivity index (χ1v) is 19.8. The van der Waals surface area contributed by atoms with Crippen LogP contribution in [-0.2, 0) is 5.41 Å². The summed E-state index contributed by atoms with van der Waals surface area (Å²) in [4.78, 5) is 0. The summed E-state index contributed by atoms with van der Waals surface area (Å²) >= 11 is 0. The van der Waals surface area contributed by atoms with E-state index in [9.17, 15) is 0 Å². The molecule has 270 valence electrons. The maximum Gasteiger partial charge on any atom is 0.0541 e. The Morgan fingerprint density at radius 3 is 1.12 bits per heavy atom. The Balaban J connectivity index is 0.883. The Kier molecular flexibility index (Phi) is 7.55. The molecule has 11 rings (SSSR count). The second kappa shape index (κ2) is 13.0. The molecule has 0 radical (unpaired) electrons. The molecule has 0 aliphatic heterocycles. The van der Waals surface area contributed by atoms with Gasteiger partial charge in [0.05, 0.1) is 22.1 Å². The van der Waals surface area contributed by atoms with E-state index in [0.717, 1.165) is 0 Å². The molecule has 0 saturated carbocycles. The van der Waals surface area contributed by atoms with Gasteiger partial charge in [-0.3, -0.25) is 0 Å². The highest BCUT2D eigenvalue weighted by Crippen LogP contribution is 2.49. The number of rotatable bonds is 6. The number of benzene rings is 8. The van der Waals surface area contributed by atoms with Crippen LogP contribution in [0.2, 0.25) is 0 Å². The lowest BCUT2D eigenvalue weighted by Crippen LogP contribution is -2.15. The summed E-state index contributed by atoms with van der Waals surface area (Å²) in [5.74, 6) is 0. The second-order valence-electron chi connectivity index (χ2n) is 15.8. The third-order valence-corrected chi connectivity index (χ3v) is 12.1. The highest BCUT2D eigenvalue weighted by atomic mass is 15.0. The Bertz CT molecular complexity index is 3020. The van der Waals surface area contributed by atoms with Gasteiger partial charge in [-0.15, -0.1) is 0 Å². The molecule has 0 unspecified atom stereocenters. The number of aromatic nitrogens is 2. The zero-order valence-corrected chi connectivity index (χ0v) is 32.0. The zero-order valence-electron chi connectivity index (χ0n) is 32.0. The van der Waals surface area contributed by atoms with E-state index in [1.54, 1.807) is 0 Å². The van der Waals surface area contributed by atoms with Crippen molar-refractivity contribution in [2.75, 3.05) is 0 Å². The van der Waals surface area contributed by atoms with Gasteiger partial charge < -0.3 is 9.13 Å². The third-order valence-electron chi connectivity index (χ3n) is 12.1. The first-order valence-electron chi connectivity index (χ1n) is 19.8. The number of hydrogen-bond acceptors (Lipinski definition) is 0. The lowest BCUT2D eigenvalue weighted by Gasteiger charge is -2.22. The summed E-state index contributed by atoms with van der Waals surface area (Å²) in [7, 11) is 0. The molecule has 1 aliphatic carbocycles. The summed E-state index contributed by atoms with van der Waals surface area (Å²) in [6, 6.07) is 66.3. The van der Waals surface area contributed by atoms with Crippen molar-refractivity contribution in [3.63, 3.8) is 0 Å². The van der Waals surface area contributed by atoms with Crippen LogP contribution < -0.4 is 0 Å². The minimum absolute atomic E-state index is 0.116. The van der Waals surface area contributed by atoms with Crippen LogP contribution in [0.25, 0.3) is 90.4 Å². The molecule has 0 bridgehead atoms. The molecule has 0 spiro atoms. The van der Waals surface area contributed by atoms with E-state index in [1.165, 1.54) is 99.5 Å². The maximum atomic E-state index is 2.39. The minimum atomic E-state index is -0.116. The van der Waals surface area contributed by atoms with Crippen LogP contribution in [0.5, 0.6) is 0 Å². The SMILES string of the molecule is CC1(C)c2cc(C=Cc3ccc4c(c3)c3ccccc3n4-c3ccccc3)ccc2-c2ccc(C=Cc3ccc4c(c3)c3ccccc3n4-c3ccccc3)cc21. The highest BCUT2D eigenvalue weighted by molar-refractivity contribution is 6.11. The van der Waals surface area contributed by atoms with E-state index < -0.39 is 0 Å². The molecule has 2 heteroatoms. The van der Waals surface area contributed by atoms with Crippen molar-refractivity contribution in [2.24, 2.45) is 0 Å². The zero-order chi connectivity index (χ0) is 38.1. The van der Waals surface area contributed by atoms with Crippen molar-refractivity contribution < 1.29 is 0 Å². The molecule has 1 aliphatic rings. The van der Waals surface area contributed by atoms with Gasteiger partial charge in [0.2, 0.25) is 0 Å². The molecule has 8 aromatic carbocycles. The highest BCUT2D eigenvalue weighted by Gasteiger charge is 2.35. The summed E-state index contributed by atoms with van der Waals surface area (Å²) < 4.78 is 4.73. The molecule has 0 atom stereocenters. The Morgan fingerprint density at radius 1 is 0.333 bits per heavy atom. The third kappa shape index (κ3) is 5.40. The van der Waals surface area contributed by atoms with Crippen LogP contribution in [0, 0.1) is 0 Å². The van der Waals surface area contributed by atoms with Crippen LogP contribution in [0.15, 0.2) is 182 Å². The quantitative estimate of drug-likeness (QED) is 0.151. The predicted octanol–water partition coefficient (Wildman–Crippen LogP) is 14.5. The monoisotopic (exact) mass is 728 g/mol. The summed E-state index contributed by atoms with van der Waals surface area (Å²) in [6.45, 7) is 4.73. The smallest absolute Gasteiger partial charge is 0.0541 e. The van der Waals surface area contributed by atoms with Gasteiger partial charge in [0, 0.05) is 38.3 Å². The Labute approximate surface area is 332 Å². The summed E-state index contributed by atoms with van der Waals surface area (Å²) in [5, 5.41) is 5.07. The maximum absolute atomic E-state index is 2.39. The molecule has 0 amide bonds. The fourth-order valence-electron chi connectivity index (χ4n) is 9.26. The fraction of sp³-hybridized carbons (Fsp3) is 0.0545. The van der Waals surface area contributed by atoms with Crippen molar-refractivity contribution in [1.82, 2.24) is 9.13 Å². The normalized spacial score (nSPS) is 13.4. The van der Waals surface area contributed by atoms with Crippen molar-refractivity contribution in [3.8, 4) is 22.5 Å². The first-order chi connectivity index (χ1) is 28.0. The molecular weight excluding hydrogens is 689 g/mol. The van der Waals surface area contributed by atoms with Gasteiger partial charge in [0.15, 0.2) is 0 Å². The molecule has 0 saturated heterocycles. The van der Waals surface area contributed by atoms with E-state index in [1.807, 2.05) is 0 Å². The topological polar surface area (TPSA) is 9.86 Å². The molecule has 0 N–H and O–H groups in total. The lowest BCUT2D eigenvalue weighted by atomic mass is 9.81. The summed E-state index contributed by atoms with van der Waals surface area (Å²) in [6.07, 6.45) is 9.04. The standard InChI is InChI=1S/C55H40N2/c1-55(2)49-35-39(23-21-37-27-31-53-47(33-37)45-17-9-11-19-51(45)56(53)41-13-5-3-6-14-41)25-29-43(49)44-30-26-40(36-50(44)55)24-22-38-28-32-54-48(34-38)46-18-10-12-20-52(46)57(54)42-15-7-4-8-16-42/h3-36H,1-2H3. The molecule has 57 heavy (non-hydrogen) atoms. The average molecular weight is 729 g/mol. The van der Waals surface area contributed by atoms with Crippen molar-refractivity contribution >= 4 is 67.9 Å². The van der Waals surface area contributed by atoms with Crippen LogP contribution in [0.1, 0.15) is 47.2 Å². The molecule has 2 heterocycles. The molecule has 2 nitrogen and oxygen atoms in total. The number of para-hydroxylation sites is 4. The van der Waals surface area contributed by atoms with E-state index in [4.69, 9.17) is 0 Å². The molecule has 0 fully saturated rings. The second-order valence-corrected chi connectivity index (χ2v) is 15.8. The van der Waals surface area contributed by atoms with E-state index >= 15 is 0 Å². The molecular formula is C55H40N2. The first kappa shape index (κ1) is 33.2. The van der Waals surface area contributed by atoms with Gasteiger partial charge in [-0.05, 0) is 105 Å². The molecule has 2 aromatic heterocycles. The fourth-order valence-corrected chi connectivity index (χ4v) is 9.26. The minimum Gasteiger partial charge on any atom is -0.309 e. The van der Waals surface area contributed by atoms with E-state index in [2.05, 4.69) is 229 Å². The van der Waals surface area contributed by atoms with Gasteiger partial charge in [0.1, 0.15) is 0 Å². The number of nitrogens with zero attached hydrogens (tertiary/aromatic N) is 2. The van der Waals surface area contributed by atoms with Gasteiger partial charge >= 0.3 is 0 Å². The van der Waals surface area contributed by atoms with Gasteiger partial charge in [0.25, 0.3) is 0 Å². The van der Waals surface area contributed by atoms with E-state index in [0.29, 0.717) is 0 Å². The van der Waals surface area contributed by atoms with Crippen molar-refractivity contribution in [3.05, 3.63) is 215 Å². The summed E-state index contributed by atoms with van der Waals surface area (Å²) in [5.41, 5.74) is 17.4. The van der Waals surface area contributed by atoms with Gasteiger partial charge in [-0.25, -0.2) is 0 Å². The Hall–Kier alpha value is -7.16. The van der Waals surface area contributed by atoms with Gasteiger partial charge in [-0.2, -0.15) is 0 Å². The largest absolute Gasteiger partial charge is 0.309 e. The van der Waals surface area contributed by atoms with Crippen LogP contribution in [-0.4, -0.2) is 9.13 Å².